The number of aromatic amines is 1. The van der Waals surface area contributed by atoms with Crippen LogP contribution in [0.1, 0.15) is 11.1 Å². The van der Waals surface area contributed by atoms with Crippen LogP contribution < -0.4 is 0 Å². The minimum Gasteiger partial charge on any atom is -0.361 e. The highest BCUT2D eigenvalue weighted by Gasteiger charge is 1.99. The minimum atomic E-state index is 0.711. The minimum absolute atomic E-state index is 0.711. The first-order valence-corrected chi connectivity index (χ1v) is 3.79. The average Bonchev–Trinajstić information content (AvgIpc) is 2.52. The summed E-state index contributed by atoms with van der Waals surface area (Å²) in [5.41, 5.74) is 2.89. The third kappa shape index (κ3) is 0.876. The van der Waals surface area contributed by atoms with Gasteiger partial charge in [-0.2, -0.15) is 5.26 Å². The number of aromatic nitrogens is 1. The van der Waals surface area contributed by atoms with Gasteiger partial charge in [-0.15, -0.1) is 0 Å². The molecule has 1 N–H and O–H groups in total. The summed E-state index contributed by atoms with van der Waals surface area (Å²) in [5.74, 6) is 0. The molecule has 0 amide bonds. The second-order valence-corrected chi connectivity index (χ2v) is 2.84. The summed E-state index contributed by atoms with van der Waals surface area (Å²) >= 11 is 0. The largest absolute Gasteiger partial charge is 0.361 e. The Bertz CT molecular complexity index is 460. The normalized spacial score (nSPS) is 10.0. The summed E-state index contributed by atoms with van der Waals surface area (Å²) in [7, 11) is 0. The van der Waals surface area contributed by atoms with Gasteiger partial charge in [0.05, 0.1) is 11.6 Å². The molecule has 2 heteroatoms. The maximum Gasteiger partial charge on any atom is 0.0992 e. The molecule has 0 spiro atoms. The summed E-state index contributed by atoms with van der Waals surface area (Å²) < 4.78 is 0. The molecular weight excluding hydrogens is 148 g/mol. The van der Waals surface area contributed by atoms with Gasteiger partial charge in [0, 0.05) is 17.1 Å². The summed E-state index contributed by atoms with van der Waals surface area (Å²) in [6, 6.07) is 7.91. The number of aryl methyl sites for hydroxylation is 1. The van der Waals surface area contributed by atoms with Crippen LogP contribution in [0.4, 0.5) is 0 Å². The van der Waals surface area contributed by atoms with E-state index in [4.69, 9.17) is 5.26 Å². The van der Waals surface area contributed by atoms with E-state index in [9.17, 15) is 0 Å². The van der Waals surface area contributed by atoms with Crippen LogP contribution in [0.3, 0.4) is 0 Å². The maximum atomic E-state index is 8.70. The molecule has 58 valence electrons. The van der Waals surface area contributed by atoms with E-state index in [-0.39, 0.29) is 0 Å². The van der Waals surface area contributed by atoms with E-state index < -0.39 is 0 Å². The number of benzene rings is 1. The predicted octanol–water partition coefficient (Wildman–Crippen LogP) is 2.35. The first kappa shape index (κ1) is 6.93. The zero-order chi connectivity index (χ0) is 8.55. The van der Waals surface area contributed by atoms with Crippen LogP contribution in [0.5, 0.6) is 0 Å². The molecule has 0 fully saturated rings. The fourth-order valence-electron chi connectivity index (χ4n) is 1.42. The second kappa shape index (κ2) is 2.38. The highest BCUT2D eigenvalue weighted by atomic mass is 14.7. The lowest BCUT2D eigenvalue weighted by molar-refractivity contribution is 1.43. The highest BCUT2D eigenvalue weighted by Crippen LogP contribution is 2.18. The molecular formula is C10H8N2. The number of nitriles is 1. The molecule has 12 heavy (non-hydrogen) atoms. The van der Waals surface area contributed by atoms with Crippen LogP contribution in [0.25, 0.3) is 10.9 Å². The maximum absolute atomic E-state index is 8.70. The third-order valence-electron chi connectivity index (χ3n) is 2.00. The molecule has 0 saturated heterocycles. The molecule has 0 aliphatic carbocycles. The quantitative estimate of drug-likeness (QED) is 0.624. The van der Waals surface area contributed by atoms with Crippen molar-refractivity contribution in [3.05, 3.63) is 35.5 Å². The van der Waals surface area contributed by atoms with Gasteiger partial charge in [-0.3, -0.25) is 0 Å². The Balaban J connectivity index is 2.86. The highest BCUT2D eigenvalue weighted by molar-refractivity contribution is 5.84. The van der Waals surface area contributed by atoms with Crippen LogP contribution in [0.15, 0.2) is 24.4 Å². The van der Waals surface area contributed by atoms with Gasteiger partial charge in [0.25, 0.3) is 0 Å². The molecule has 0 bridgehead atoms. The zero-order valence-corrected chi connectivity index (χ0v) is 6.76. The lowest BCUT2D eigenvalue weighted by atomic mass is 10.1. The van der Waals surface area contributed by atoms with E-state index in [1.54, 1.807) is 0 Å². The van der Waals surface area contributed by atoms with Crippen molar-refractivity contribution in [2.24, 2.45) is 0 Å². The SMILES string of the molecule is Cc1cc(C#N)cc2[nH]ccc12. The van der Waals surface area contributed by atoms with Crippen LogP contribution >= 0.6 is 0 Å². The average molecular weight is 156 g/mol. The molecule has 2 aromatic rings. The predicted molar refractivity (Wildman–Crippen MR) is 47.8 cm³/mol. The van der Waals surface area contributed by atoms with Crippen LogP contribution in [0, 0.1) is 18.3 Å². The first-order valence-electron chi connectivity index (χ1n) is 3.79. The number of nitrogens with zero attached hydrogens (tertiary/aromatic N) is 1. The summed E-state index contributed by atoms with van der Waals surface area (Å²) in [6.07, 6.45) is 1.89. The Morgan fingerprint density at radius 2 is 2.25 bits per heavy atom. The van der Waals surface area contributed by atoms with Crippen molar-refractivity contribution in [2.75, 3.05) is 0 Å². The van der Waals surface area contributed by atoms with Gasteiger partial charge in [0.2, 0.25) is 0 Å². The van der Waals surface area contributed by atoms with E-state index in [2.05, 4.69) is 11.1 Å². The summed E-state index contributed by atoms with van der Waals surface area (Å²) in [6.45, 7) is 2.01. The number of hydrogen-bond acceptors (Lipinski definition) is 1. The molecule has 0 atom stereocenters. The topological polar surface area (TPSA) is 39.6 Å². The molecule has 2 nitrogen and oxygen atoms in total. The van der Waals surface area contributed by atoms with Gasteiger partial charge in [-0.1, -0.05) is 0 Å². The number of hydrogen-bond donors (Lipinski definition) is 1. The zero-order valence-electron chi connectivity index (χ0n) is 6.76. The number of fused-ring (bicyclic) bond motifs is 1. The van der Waals surface area contributed by atoms with Crippen LogP contribution in [0.2, 0.25) is 0 Å². The van der Waals surface area contributed by atoms with Crippen molar-refractivity contribution in [2.45, 2.75) is 6.92 Å². The molecule has 0 unspecified atom stereocenters. The van der Waals surface area contributed by atoms with Crippen molar-refractivity contribution in [3.63, 3.8) is 0 Å². The molecule has 1 heterocycles. The number of nitrogens with one attached hydrogen (secondary N) is 1. The van der Waals surface area contributed by atoms with Crippen molar-refractivity contribution in [3.8, 4) is 6.07 Å². The Kier molecular flexibility index (Phi) is 1.38. The van der Waals surface area contributed by atoms with Crippen molar-refractivity contribution in [1.29, 1.82) is 5.26 Å². The Morgan fingerprint density at radius 3 is 3.00 bits per heavy atom. The van der Waals surface area contributed by atoms with E-state index in [1.165, 1.54) is 5.39 Å². The number of rotatable bonds is 0. The van der Waals surface area contributed by atoms with E-state index in [0.717, 1.165) is 11.1 Å². The Labute approximate surface area is 70.4 Å². The molecule has 0 aliphatic heterocycles. The van der Waals surface area contributed by atoms with Crippen LogP contribution in [-0.2, 0) is 0 Å². The van der Waals surface area contributed by atoms with Gasteiger partial charge in [0.1, 0.15) is 0 Å². The first-order chi connectivity index (χ1) is 5.81. The Morgan fingerprint density at radius 1 is 1.42 bits per heavy atom. The van der Waals surface area contributed by atoms with E-state index in [1.807, 2.05) is 31.3 Å². The van der Waals surface area contributed by atoms with Crippen molar-refractivity contribution in [1.82, 2.24) is 4.98 Å². The molecule has 1 aromatic carbocycles. The molecule has 2 rings (SSSR count). The van der Waals surface area contributed by atoms with Crippen molar-refractivity contribution < 1.29 is 0 Å². The monoisotopic (exact) mass is 156 g/mol. The molecule has 0 saturated carbocycles. The Hall–Kier alpha value is -1.75. The van der Waals surface area contributed by atoms with E-state index >= 15 is 0 Å². The van der Waals surface area contributed by atoms with Gasteiger partial charge >= 0.3 is 0 Å². The van der Waals surface area contributed by atoms with Gasteiger partial charge in [-0.05, 0) is 30.7 Å². The fraction of sp³-hybridized carbons (Fsp3) is 0.100. The van der Waals surface area contributed by atoms with Crippen LogP contribution in [-0.4, -0.2) is 4.98 Å². The standard InChI is InChI=1S/C10H8N2/c1-7-4-8(6-11)5-10-9(7)2-3-12-10/h2-5,12H,1H3. The smallest absolute Gasteiger partial charge is 0.0992 e. The summed E-state index contributed by atoms with van der Waals surface area (Å²) in [5, 5.41) is 9.88. The van der Waals surface area contributed by atoms with Gasteiger partial charge in [0.15, 0.2) is 0 Å². The lowest BCUT2D eigenvalue weighted by Gasteiger charge is -1.95. The second-order valence-electron chi connectivity index (χ2n) is 2.84. The molecule has 0 aliphatic rings. The molecule has 0 radical (unpaired) electrons. The number of H-pyrrole nitrogens is 1. The van der Waals surface area contributed by atoms with Gasteiger partial charge < -0.3 is 4.98 Å². The molecule has 1 aromatic heterocycles. The summed E-state index contributed by atoms with van der Waals surface area (Å²) in [4.78, 5) is 3.08. The van der Waals surface area contributed by atoms with E-state index in [0.29, 0.717) is 5.56 Å². The fourth-order valence-corrected chi connectivity index (χ4v) is 1.42. The van der Waals surface area contributed by atoms with Crippen molar-refractivity contribution >= 4 is 10.9 Å². The van der Waals surface area contributed by atoms with Gasteiger partial charge in [-0.25, -0.2) is 0 Å². The third-order valence-corrected chi connectivity index (χ3v) is 2.00. The lowest BCUT2D eigenvalue weighted by Crippen LogP contribution is -1.79.